The molecule has 0 radical (unpaired) electrons. The second kappa shape index (κ2) is 4.85. The lowest BCUT2D eigenvalue weighted by molar-refractivity contribution is 0.485. The number of hydrogen-bond donors (Lipinski definition) is 1. The SMILES string of the molecule is CCCNc1ccc(CF)cc1C. The summed E-state index contributed by atoms with van der Waals surface area (Å²) in [5, 5.41) is 3.29. The highest BCUT2D eigenvalue weighted by Gasteiger charge is 1.98. The number of halogens is 1. The van der Waals surface area contributed by atoms with Crippen LogP contribution in [0, 0.1) is 6.92 Å². The van der Waals surface area contributed by atoms with Crippen LogP contribution in [0.5, 0.6) is 0 Å². The summed E-state index contributed by atoms with van der Waals surface area (Å²) in [6.07, 6.45) is 1.10. The average molecular weight is 181 g/mol. The maximum Gasteiger partial charge on any atom is 0.115 e. The summed E-state index contributed by atoms with van der Waals surface area (Å²) in [6.45, 7) is 4.71. The van der Waals surface area contributed by atoms with Gasteiger partial charge in [-0.15, -0.1) is 0 Å². The van der Waals surface area contributed by atoms with E-state index in [4.69, 9.17) is 0 Å². The van der Waals surface area contributed by atoms with E-state index in [0.29, 0.717) is 0 Å². The van der Waals surface area contributed by atoms with E-state index in [1.165, 1.54) is 0 Å². The van der Waals surface area contributed by atoms with E-state index in [1.54, 1.807) is 0 Å². The lowest BCUT2D eigenvalue weighted by Gasteiger charge is -2.08. The Morgan fingerprint density at radius 2 is 2.15 bits per heavy atom. The Morgan fingerprint density at radius 3 is 2.69 bits per heavy atom. The largest absolute Gasteiger partial charge is 0.385 e. The zero-order valence-electron chi connectivity index (χ0n) is 8.23. The van der Waals surface area contributed by atoms with Gasteiger partial charge in [0.15, 0.2) is 0 Å². The van der Waals surface area contributed by atoms with Crippen LogP contribution in [0.15, 0.2) is 18.2 Å². The summed E-state index contributed by atoms with van der Waals surface area (Å²) in [4.78, 5) is 0. The van der Waals surface area contributed by atoms with E-state index >= 15 is 0 Å². The fourth-order valence-corrected chi connectivity index (χ4v) is 1.27. The topological polar surface area (TPSA) is 12.0 Å². The third-order valence-electron chi connectivity index (χ3n) is 2.01. The maximum absolute atomic E-state index is 12.3. The molecule has 0 heterocycles. The first-order valence-corrected chi connectivity index (χ1v) is 4.67. The molecule has 1 aromatic carbocycles. The Bertz CT molecular complexity index is 271. The van der Waals surface area contributed by atoms with Gasteiger partial charge in [0.1, 0.15) is 6.67 Å². The van der Waals surface area contributed by atoms with Crippen molar-refractivity contribution in [3.63, 3.8) is 0 Å². The smallest absolute Gasteiger partial charge is 0.115 e. The van der Waals surface area contributed by atoms with E-state index < -0.39 is 0 Å². The minimum absolute atomic E-state index is 0.380. The molecule has 0 atom stereocenters. The van der Waals surface area contributed by atoms with Crippen molar-refractivity contribution in [3.05, 3.63) is 29.3 Å². The highest BCUT2D eigenvalue weighted by molar-refractivity contribution is 5.51. The van der Waals surface area contributed by atoms with Gasteiger partial charge in [0.2, 0.25) is 0 Å². The lowest BCUT2D eigenvalue weighted by atomic mass is 10.1. The van der Waals surface area contributed by atoms with Crippen LogP contribution < -0.4 is 5.32 Å². The minimum atomic E-state index is -0.380. The number of nitrogens with one attached hydrogen (secondary N) is 1. The van der Waals surface area contributed by atoms with E-state index in [0.717, 1.165) is 29.8 Å². The van der Waals surface area contributed by atoms with Crippen LogP contribution in [0.4, 0.5) is 10.1 Å². The summed E-state index contributed by atoms with van der Waals surface area (Å²) < 4.78 is 12.3. The fourth-order valence-electron chi connectivity index (χ4n) is 1.27. The highest BCUT2D eigenvalue weighted by atomic mass is 19.1. The number of alkyl halides is 1. The van der Waals surface area contributed by atoms with Crippen molar-refractivity contribution in [1.29, 1.82) is 0 Å². The Morgan fingerprint density at radius 1 is 1.38 bits per heavy atom. The molecule has 0 aliphatic heterocycles. The summed E-state index contributed by atoms with van der Waals surface area (Å²) in [5.74, 6) is 0. The van der Waals surface area contributed by atoms with Crippen LogP contribution in [-0.2, 0) is 6.67 Å². The first-order valence-electron chi connectivity index (χ1n) is 4.67. The van der Waals surface area contributed by atoms with Crippen LogP contribution in [0.3, 0.4) is 0 Å². The molecule has 1 aromatic rings. The molecule has 0 saturated carbocycles. The van der Waals surface area contributed by atoms with Crippen molar-refractivity contribution in [3.8, 4) is 0 Å². The molecule has 0 aromatic heterocycles. The normalized spacial score (nSPS) is 10.1. The fraction of sp³-hybridized carbons (Fsp3) is 0.455. The molecular weight excluding hydrogens is 165 g/mol. The van der Waals surface area contributed by atoms with Gasteiger partial charge in [-0.3, -0.25) is 0 Å². The van der Waals surface area contributed by atoms with Gasteiger partial charge in [0.05, 0.1) is 0 Å². The van der Waals surface area contributed by atoms with Crippen LogP contribution in [0.2, 0.25) is 0 Å². The van der Waals surface area contributed by atoms with Crippen molar-refractivity contribution in [2.24, 2.45) is 0 Å². The molecule has 1 N–H and O–H groups in total. The Hall–Kier alpha value is -1.05. The van der Waals surface area contributed by atoms with Crippen LogP contribution in [-0.4, -0.2) is 6.54 Å². The van der Waals surface area contributed by atoms with Crippen molar-refractivity contribution in [1.82, 2.24) is 0 Å². The predicted octanol–water partition coefficient (Wildman–Crippen LogP) is 3.29. The van der Waals surface area contributed by atoms with E-state index in [-0.39, 0.29) is 6.67 Å². The van der Waals surface area contributed by atoms with Gasteiger partial charge >= 0.3 is 0 Å². The Balaban J connectivity index is 2.73. The maximum atomic E-state index is 12.3. The van der Waals surface area contributed by atoms with Crippen LogP contribution in [0.1, 0.15) is 24.5 Å². The second-order valence-electron chi connectivity index (χ2n) is 3.21. The third kappa shape index (κ3) is 2.72. The summed E-state index contributed by atoms with van der Waals surface area (Å²) in [6, 6.07) is 5.66. The summed E-state index contributed by atoms with van der Waals surface area (Å²) in [5.41, 5.74) is 2.97. The first-order chi connectivity index (χ1) is 6.27. The molecule has 0 bridgehead atoms. The number of anilines is 1. The zero-order chi connectivity index (χ0) is 9.68. The summed E-state index contributed by atoms with van der Waals surface area (Å²) >= 11 is 0. The van der Waals surface area contributed by atoms with Gasteiger partial charge in [-0.2, -0.15) is 0 Å². The molecule has 1 rings (SSSR count). The number of rotatable bonds is 4. The number of aryl methyl sites for hydroxylation is 1. The van der Waals surface area contributed by atoms with Crippen LogP contribution in [0.25, 0.3) is 0 Å². The molecule has 0 saturated heterocycles. The molecule has 72 valence electrons. The molecule has 0 fully saturated rings. The van der Waals surface area contributed by atoms with E-state index in [2.05, 4.69) is 12.2 Å². The van der Waals surface area contributed by atoms with Gasteiger partial charge in [-0.25, -0.2) is 4.39 Å². The Kier molecular flexibility index (Phi) is 3.74. The molecule has 2 heteroatoms. The van der Waals surface area contributed by atoms with E-state index in [1.807, 2.05) is 25.1 Å². The highest BCUT2D eigenvalue weighted by Crippen LogP contribution is 2.16. The monoisotopic (exact) mass is 181 g/mol. The van der Waals surface area contributed by atoms with Crippen LogP contribution >= 0.6 is 0 Å². The molecule has 13 heavy (non-hydrogen) atoms. The molecule has 0 amide bonds. The van der Waals surface area contributed by atoms with E-state index in [9.17, 15) is 4.39 Å². The zero-order valence-corrected chi connectivity index (χ0v) is 8.23. The van der Waals surface area contributed by atoms with Crippen molar-refractivity contribution >= 4 is 5.69 Å². The van der Waals surface area contributed by atoms with Gasteiger partial charge in [0.25, 0.3) is 0 Å². The van der Waals surface area contributed by atoms with Crippen molar-refractivity contribution < 1.29 is 4.39 Å². The van der Waals surface area contributed by atoms with Gasteiger partial charge in [-0.05, 0) is 30.5 Å². The molecule has 0 spiro atoms. The standard InChI is InChI=1S/C11H16FN/c1-3-6-13-11-5-4-10(8-12)7-9(11)2/h4-5,7,13H,3,6,8H2,1-2H3. The molecular formula is C11H16FN. The third-order valence-corrected chi connectivity index (χ3v) is 2.01. The van der Waals surface area contributed by atoms with Gasteiger partial charge in [-0.1, -0.05) is 19.1 Å². The van der Waals surface area contributed by atoms with Gasteiger partial charge < -0.3 is 5.32 Å². The quantitative estimate of drug-likeness (QED) is 0.751. The first kappa shape index (κ1) is 10.0. The number of benzene rings is 1. The minimum Gasteiger partial charge on any atom is -0.385 e. The molecule has 0 aliphatic carbocycles. The number of hydrogen-bond acceptors (Lipinski definition) is 1. The Labute approximate surface area is 79.0 Å². The van der Waals surface area contributed by atoms with Crippen molar-refractivity contribution in [2.45, 2.75) is 26.9 Å². The molecule has 0 aliphatic rings. The predicted molar refractivity (Wildman–Crippen MR) is 54.8 cm³/mol. The van der Waals surface area contributed by atoms with Crippen molar-refractivity contribution in [2.75, 3.05) is 11.9 Å². The average Bonchev–Trinajstić information content (AvgIpc) is 2.16. The second-order valence-corrected chi connectivity index (χ2v) is 3.21. The summed E-state index contributed by atoms with van der Waals surface area (Å²) in [7, 11) is 0. The molecule has 1 nitrogen and oxygen atoms in total. The molecule has 0 unspecified atom stereocenters. The lowest BCUT2D eigenvalue weighted by Crippen LogP contribution is -2.01. The van der Waals surface area contributed by atoms with Gasteiger partial charge in [0, 0.05) is 12.2 Å².